The van der Waals surface area contributed by atoms with Crippen LogP contribution in [-0.4, -0.2) is 86.0 Å². The third kappa shape index (κ3) is 87.5. The Balaban J connectivity index is -0.0000000742. The summed E-state index contributed by atoms with van der Waals surface area (Å²) in [6.45, 7) is 41.0. The molecule has 0 aromatic rings. The van der Waals surface area contributed by atoms with Crippen LogP contribution < -0.4 is 0 Å². The van der Waals surface area contributed by atoms with Crippen molar-refractivity contribution in [3.05, 3.63) is 74.4 Å². The maximum Gasteiger partial charge on any atom is 0.335 e. The zero-order chi connectivity index (χ0) is 43.6. The predicted octanol–water partition coefficient (Wildman–Crippen LogP) is 7.06. The van der Waals surface area contributed by atoms with Crippen LogP contribution in [0.25, 0.3) is 0 Å². The summed E-state index contributed by atoms with van der Waals surface area (Å²) in [5.74, 6) is -2.48. The molecular formula is C39H70O14. The number of esters is 6. The molecule has 53 heavy (non-hydrogen) atoms. The Morgan fingerprint density at radius 3 is 0.906 bits per heavy atom. The molecule has 0 bridgehead atoms. The molecule has 0 fully saturated rings. The highest BCUT2D eigenvalue weighted by Gasteiger charge is 2.00. The van der Waals surface area contributed by atoms with E-state index in [4.69, 9.17) is 14.9 Å². The highest BCUT2D eigenvalue weighted by Crippen LogP contribution is 1.92. The Morgan fingerprint density at radius 1 is 0.453 bits per heavy atom. The van der Waals surface area contributed by atoms with Crippen LogP contribution in [0.2, 0.25) is 0 Å². The Hall–Kier alpha value is -4.82. The molecule has 0 saturated heterocycles. The van der Waals surface area contributed by atoms with Crippen molar-refractivity contribution in [3.63, 3.8) is 0 Å². The Bertz CT molecular complexity index is 943. The summed E-state index contributed by atoms with van der Waals surface area (Å²) in [6, 6.07) is 0. The van der Waals surface area contributed by atoms with Crippen LogP contribution in [0.5, 0.6) is 0 Å². The van der Waals surface area contributed by atoms with Crippen LogP contribution in [-0.2, 0) is 57.2 Å². The zero-order valence-corrected chi connectivity index (χ0v) is 34.3. The second kappa shape index (κ2) is 59.3. The van der Waals surface area contributed by atoms with Gasteiger partial charge in [0.2, 0.25) is 0 Å². The lowest BCUT2D eigenvalue weighted by molar-refractivity contribution is -0.147. The van der Waals surface area contributed by atoms with E-state index < -0.39 is 25.5 Å². The largest absolute Gasteiger partial charge is 0.463 e. The summed E-state index contributed by atoms with van der Waals surface area (Å²) in [6.07, 6.45) is 7.51. The number of hydrogen-bond acceptors (Lipinski definition) is 14. The van der Waals surface area contributed by atoms with Gasteiger partial charge in [0.15, 0.2) is 13.6 Å². The van der Waals surface area contributed by atoms with E-state index in [1.54, 1.807) is 27.7 Å². The topological polar surface area (TPSA) is 198 Å². The summed E-state index contributed by atoms with van der Waals surface area (Å²) < 4.78 is 26.4. The van der Waals surface area contributed by atoms with Gasteiger partial charge in [-0.3, -0.25) is 0 Å². The van der Waals surface area contributed by atoms with Crippen molar-refractivity contribution in [2.45, 2.75) is 102 Å². The highest BCUT2D eigenvalue weighted by atomic mass is 16.6. The SMILES string of the molecule is C=C(C)C(=O)OCC.C=C(C)C(=O)OCCC.C=C(C)C(=O)OCO.C=CC(=O)OCC.C=CC(=O)OCCC.C=CC(=O)OCO.CCC.CCC. The van der Waals surface area contributed by atoms with E-state index in [0.29, 0.717) is 43.1 Å². The van der Waals surface area contributed by atoms with Crippen molar-refractivity contribution >= 4 is 35.8 Å². The summed E-state index contributed by atoms with van der Waals surface area (Å²) in [5.41, 5.74) is 1.20. The average Bonchev–Trinajstić information content (AvgIpc) is 3.11. The van der Waals surface area contributed by atoms with Gasteiger partial charge in [0.05, 0.1) is 26.4 Å². The first kappa shape index (κ1) is 66.4. The van der Waals surface area contributed by atoms with Crippen LogP contribution in [0.4, 0.5) is 0 Å². The van der Waals surface area contributed by atoms with Gasteiger partial charge in [0, 0.05) is 34.9 Å². The van der Waals surface area contributed by atoms with E-state index >= 15 is 0 Å². The molecule has 0 amide bonds. The van der Waals surface area contributed by atoms with Crippen LogP contribution in [0.1, 0.15) is 102 Å². The molecule has 0 atom stereocenters. The molecule has 0 spiro atoms. The maximum absolute atomic E-state index is 10.6. The van der Waals surface area contributed by atoms with E-state index in [1.165, 1.54) is 19.8 Å². The number of rotatable bonds is 14. The first-order valence-corrected chi connectivity index (χ1v) is 16.9. The quantitative estimate of drug-likeness (QED) is 0.0789. The zero-order valence-electron chi connectivity index (χ0n) is 34.3. The molecule has 0 aromatic carbocycles. The summed E-state index contributed by atoms with van der Waals surface area (Å²) in [4.78, 5) is 61.5. The third-order valence-electron chi connectivity index (χ3n) is 3.40. The molecular weight excluding hydrogens is 692 g/mol. The number of carbonyl (C=O) groups is 6. The van der Waals surface area contributed by atoms with Gasteiger partial charge in [-0.25, -0.2) is 28.8 Å². The van der Waals surface area contributed by atoms with Crippen molar-refractivity contribution < 1.29 is 67.4 Å². The van der Waals surface area contributed by atoms with E-state index in [2.05, 4.69) is 90.9 Å². The molecule has 0 heterocycles. The van der Waals surface area contributed by atoms with Crippen LogP contribution >= 0.6 is 0 Å². The third-order valence-corrected chi connectivity index (χ3v) is 3.40. The molecule has 2 N–H and O–H groups in total. The maximum atomic E-state index is 10.6. The minimum Gasteiger partial charge on any atom is -0.463 e. The summed E-state index contributed by atoms with van der Waals surface area (Å²) in [5, 5.41) is 15.9. The lowest BCUT2D eigenvalue weighted by Gasteiger charge is -1.99. The molecule has 0 aliphatic carbocycles. The van der Waals surface area contributed by atoms with Crippen LogP contribution in [0.15, 0.2) is 74.4 Å². The first-order valence-electron chi connectivity index (χ1n) is 16.9. The van der Waals surface area contributed by atoms with Crippen molar-refractivity contribution in [2.24, 2.45) is 0 Å². The molecule has 0 aliphatic rings. The van der Waals surface area contributed by atoms with Gasteiger partial charge < -0.3 is 38.6 Å². The molecule has 0 radical (unpaired) electrons. The van der Waals surface area contributed by atoms with Gasteiger partial charge in [-0.1, -0.05) is 93.9 Å². The van der Waals surface area contributed by atoms with Crippen molar-refractivity contribution in [1.29, 1.82) is 0 Å². The molecule has 0 aliphatic heterocycles. The second-order valence-corrected chi connectivity index (χ2v) is 9.30. The molecule has 310 valence electrons. The highest BCUT2D eigenvalue weighted by molar-refractivity contribution is 5.87. The van der Waals surface area contributed by atoms with E-state index in [1.807, 2.05) is 13.8 Å². The molecule has 0 aromatic heterocycles. The minimum absolute atomic E-state index is 0.291. The minimum atomic E-state index is -0.609. The molecule has 14 nitrogen and oxygen atoms in total. The molecule has 0 unspecified atom stereocenters. The Morgan fingerprint density at radius 2 is 0.717 bits per heavy atom. The first-order chi connectivity index (χ1) is 24.8. The van der Waals surface area contributed by atoms with Crippen molar-refractivity contribution in [2.75, 3.05) is 40.0 Å². The normalized spacial score (nSPS) is 7.87. The van der Waals surface area contributed by atoms with Gasteiger partial charge in [0.1, 0.15) is 0 Å². The lowest BCUT2D eigenvalue weighted by Crippen LogP contribution is -2.04. The number of aliphatic hydroxyl groups excluding tert-OH is 2. The number of ether oxygens (including phenoxy) is 6. The van der Waals surface area contributed by atoms with E-state index in [9.17, 15) is 28.8 Å². The lowest BCUT2D eigenvalue weighted by atomic mass is 10.4. The van der Waals surface area contributed by atoms with Gasteiger partial charge in [-0.2, -0.15) is 0 Å². The van der Waals surface area contributed by atoms with Gasteiger partial charge >= 0.3 is 35.8 Å². The standard InChI is InChI=1S/C7H12O2.2C6H10O2.C5H8O3.C5H8O2.C4H6O3.2C3H8/c1-4-5-9-7(8)6(2)3;1-4-8-6(7)5(2)3;1-3-5-8-6(7)4-2;1-4(2)5(7)8-3-6;1-3-5(6)7-4-2;1-2-4(6)7-3-5;2*1-3-2/h2,4-5H2,1,3H3;2,4H2,1,3H3;4H,2-3,5H2,1H3;6H,1,3H2,2H3;3H,1,4H2,2H3;2,5H,1,3H2;2*3H2,1-2H3. The number of carbonyl (C=O) groups excluding carboxylic acids is 6. The fourth-order valence-corrected chi connectivity index (χ4v) is 1.34. The second-order valence-electron chi connectivity index (χ2n) is 9.30. The fourth-order valence-electron chi connectivity index (χ4n) is 1.34. The van der Waals surface area contributed by atoms with Gasteiger partial charge in [-0.05, 0) is 47.5 Å². The predicted molar refractivity (Wildman–Crippen MR) is 209 cm³/mol. The van der Waals surface area contributed by atoms with Crippen LogP contribution in [0.3, 0.4) is 0 Å². The molecule has 0 saturated carbocycles. The van der Waals surface area contributed by atoms with Crippen molar-refractivity contribution in [1.82, 2.24) is 0 Å². The smallest absolute Gasteiger partial charge is 0.335 e. The van der Waals surface area contributed by atoms with Gasteiger partial charge in [0.25, 0.3) is 0 Å². The summed E-state index contributed by atoms with van der Waals surface area (Å²) in [7, 11) is 0. The fraction of sp³-hybridized carbons (Fsp3) is 0.538. The van der Waals surface area contributed by atoms with E-state index in [0.717, 1.165) is 31.1 Å². The number of aliphatic hydroxyl groups is 2. The Labute approximate surface area is 319 Å². The molecule has 0 rings (SSSR count). The van der Waals surface area contributed by atoms with Gasteiger partial charge in [-0.15, -0.1) is 0 Å². The van der Waals surface area contributed by atoms with Crippen molar-refractivity contribution in [3.8, 4) is 0 Å². The van der Waals surface area contributed by atoms with E-state index in [-0.39, 0.29) is 23.9 Å². The van der Waals surface area contributed by atoms with Crippen LogP contribution in [0, 0.1) is 0 Å². The summed E-state index contributed by atoms with van der Waals surface area (Å²) >= 11 is 0. The number of hydrogen-bond donors (Lipinski definition) is 2. The average molecular weight is 763 g/mol. The Kier molecular flexibility index (Phi) is 74.4. The monoisotopic (exact) mass is 762 g/mol. The molecule has 14 heteroatoms.